The Hall–Kier alpha value is -1.69. The van der Waals surface area contributed by atoms with E-state index in [1.54, 1.807) is 0 Å². The van der Waals surface area contributed by atoms with Crippen molar-refractivity contribution in [3.05, 3.63) is 34.9 Å². The molecule has 0 unspecified atom stereocenters. The number of guanidine groups is 1. The van der Waals surface area contributed by atoms with E-state index < -0.39 is 6.43 Å². The topological polar surface area (TPSA) is 39.7 Å². The van der Waals surface area contributed by atoms with Crippen LogP contribution in [0.4, 0.5) is 8.78 Å². The Bertz CT molecular complexity index is 561. The fourth-order valence-electron chi connectivity index (χ4n) is 3.48. The van der Waals surface area contributed by atoms with Crippen molar-refractivity contribution in [1.82, 2.24) is 15.5 Å². The summed E-state index contributed by atoms with van der Waals surface area (Å²) in [4.78, 5) is 6.53. The van der Waals surface area contributed by atoms with E-state index in [0.717, 1.165) is 38.3 Å². The molecule has 1 aliphatic rings. The van der Waals surface area contributed by atoms with Gasteiger partial charge in [-0.05, 0) is 45.6 Å². The van der Waals surface area contributed by atoms with E-state index in [9.17, 15) is 8.78 Å². The lowest BCUT2D eigenvalue weighted by atomic mass is 10.1. The molecule has 1 saturated heterocycles. The molecular formula is C20H32F2N4. The Morgan fingerprint density at radius 3 is 2.42 bits per heavy atom. The van der Waals surface area contributed by atoms with E-state index in [2.05, 4.69) is 42.7 Å². The van der Waals surface area contributed by atoms with Crippen LogP contribution < -0.4 is 10.6 Å². The maximum atomic E-state index is 12.5. The SMILES string of the molecule is CCNC(=NCCc1cc(C)cc(C)c1)NC1CCN(CC(F)F)CC1. The Morgan fingerprint density at radius 1 is 1.19 bits per heavy atom. The summed E-state index contributed by atoms with van der Waals surface area (Å²) >= 11 is 0. The highest BCUT2D eigenvalue weighted by atomic mass is 19.3. The third kappa shape index (κ3) is 7.28. The first-order valence-corrected chi connectivity index (χ1v) is 9.58. The summed E-state index contributed by atoms with van der Waals surface area (Å²) < 4.78 is 24.9. The van der Waals surface area contributed by atoms with Crippen LogP contribution in [-0.2, 0) is 6.42 Å². The molecule has 2 rings (SSSR count). The average Bonchev–Trinajstić information content (AvgIpc) is 2.55. The average molecular weight is 367 g/mol. The van der Waals surface area contributed by atoms with E-state index in [1.807, 2.05) is 11.8 Å². The fourth-order valence-corrected chi connectivity index (χ4v) is 3.48. The number of hydrogen-bond donors (Lipinski definition) is 2. The molecule has 1 aromatic carbocycles. The summed E-state index contributed by atoms with van der Waals surface area (Å²) in [5.74, 6) is 0.823. The summed E-state index contributed by atoms with van der Waals surface area (Å²) in [5.41, 5.74) is 3.87. The summed E-state index contributed by atoms with van der Waals surface area (Å²) in [5, 5.41) is 6.75. The Morgan fingerprint density at radius 2 is 1.85 bits per heavy atom. The first-order valence-electron chi connectivity index (χ1n) is 9.58. The number of piperidine rings is 1. The lowest BCUT2D eigenvalue weighted by molar-refractivity contribution is 0.0744. The van der Waals surface area contributed by atoms with Crippen molar-refractivity contribution in [2.24, 2.45) is 4.99 Å². The molecule has 1 fully saturated rings. The normalized spacial score (nSPS) is 16.9. The van der Waals surface area contributed by atoms with Crippen LogP contribution in [0.5, 0.6) is 0 Å². The van der Waals surface area contributed by atoms with Gasteiger partial charge in [0.1, 0.15) is 0 Å². The lowest BCUT2D eigenvalue weighted by Crippen LogP contribution is -2.49. The largest absolute Gasteiger partial charge is 0.357 e. The fraction of sp³-hybridized carbons (Fsp3) is 0.650. The predicted molar refractivity (Wildman–Crippen MR) is 104 cm³/mol. The highest BCUT2D eigenvalue weighted by Gasteiger charge is 2.21. The second kappa shape index (κ2) is 10.5. The monoisotopic (exact) mass is 366 g/mol. The highest BCUT2D eigenvalue weighted by molar-refractivity contribution is 5.80. The van der Waals surface area contributed by atoms with Crippen LogP contribution >= 0.6 is 0 Å². The number of nitrogens with zero attached hydrogens (tertiary/aromatic N) is 2. The zero-order valence-electron chi connectivity index (χ0n) is 16.2. The Balaban J connectivity index is 1.83. The van der Waals surface area contributed by atoms with Gasteiger partial charge in [0.05, 0.1) is 6.54 Å². The van der Waals surface area contributed by atoms with E-state index >= 15 is 0 Å². The van der Waals surface area contributed by atoms with Gasteiger partial charge in [0.2, 0.25) is 0 Å². The number of rotatable bonds is 7. The van der Waals surface area contributed by atoms with Crippen molar-refractivity contribution in [2.75, 3.05) is 32.7 Å². The minimum Gasteiger partial charge on any atom is -0.357 e. The molecule has 6 heteroatoms. The lowest BCUT2D eigenvalue weighted by Gasteiger charge is -2.32. The molecule has 0 atom stereocenters. The first kappa shape index (κ1) is 20.6. The van der Waals surface area contributed by atoms with E-state index in [4.69, 9.17) is 4.99 Å². The van der Waals surface area contributed by atoms with Crippen LogP contribution in [0.1, 0.15) is 36.5 Å². The molecule has 0 spiro atoms. The van der Waals surface area contributed by atoms with Crippen molar-refractivity contribution in [2.45, 2.75) is 52.5 Å². The van der Waals surface area contributed by atoms with Gasteiger partial charge < -0.3 is 10.6 Å². The third-order valence-electron chi connectivity index (χ3n) is 4.62. The molecule has 1 aliphatic heterocycles. The number of benzene rings is 1. The minimum absolute atomic E-state index is 0.114. The van der Waals surface area contributed by atoms with Gasteiger partial charge >= 0.3 is 0 Å². The van der Waals surface area contributed by atoms with Crippen LogP contribution in [-0.4, -0.2) is 56.1 Å². The number of aliphatic imine (C=N–C) groups is 1. The van der Waals surface area contributed by atoms with E-state index in [0.29, 0.717) is 19.1 Å². The van der Waals surface area contributed by atoms with Crippen LogP contribution in [0, 0.1) is 13.8 Å². The molecule has 2 N–H and O–H groups in total. The molecule has 0 aliphatic carbocycles. The maximum absolute atomic E-state index is 12.5. The molecule has 0 radical (unpaired) electrons. The molecular weight excluding hydrogens is 334 g/mol. The number of hydrogen-bond acceptors (Lipinski definition) is 2. The van der Waals surface area contributed by atoms with Crippen molar-refractivity contribution in [1.29, 1.82) is 0 Å². The molecule has 1 heterocycles. The molecule has 0 amide bonds. The van der Waals surface area contributed by atoms with Gasteiger partial charge in [-0.25, -0.2) is 8.78 Å². The quantitative estimate of drug-likeness (QED) is 0.575. The minimum atomic E-state index is -2.25. The number of likely N-dealkylation sites (tertiary alicyclic amines) is 1. The zero-order chi connectivity index (χ0) is 18.9. The Kier molecular flexibility index (Phi) is 8.29. The van der Waals surface area contributed by atoms with Gasteiger partial charge in [0.25, 0.3) is 6.43 Å². The summed E-state index contributed by atoms with van der Waals surface area (Å²) in [6.07, 6.45) is 0.401. The standard InChI is InChI=1S/C20H32F2N4/c1-4-23-20(24-8-5-17-12-15(2)11-16(3)13-17)25-18-6-9-26(10-7-18)14-19(21)22/h11-13,18-19H,4-10,14H2,1-3H3,(H2,23,24,25). The highest BCUT2D eigenvalue weighted by Crippen LogP contribution is 2.12. The van der Waals surface area contributed by atoms with Crippen molar-refractivity contribution >= 4 is 5.96 Å². The summed E-state index contributed by atoms with van der Waals surface area (Å²) in [6.45, 7) is 9.12. The third-order valence-corrected chi connectivity index (χ3v) is 4.62. The molecule has 146 valence electrons. The van der Waals surface area contributed by atoms with E-state index in [-0.39, 0.29) is 6.54 Å². The summed E-state index contributed by atoms with van der Waals surface area (Å²) in [7, 11) is 0. The Labute approximate surface area is 156 Å². The van der Waals surface area contributed by atoms with Gasteiger partial charge in [-0.2, -0.15) is 0 Å². The first-order chi connectivity index (χ1) is 12.5. The van der Waals surface area contributed by atoms with Crippen molar-refractivity contribution in [3.8, 4) is 0 Å². The molecule has 26 heavy (non-hydrogen) atoms. The number of alkyl halides is 2. The molecule has 4 nitrogen and oxygen atoms in total. The van der Waals surface area contributed by atoms with Crippen LogP contribution in [0.2, 0.25) is 0 Å². The van der Waals surface area contributed by atoms with Crippen LogP contribution in [0.3, 0.4) is 0 Å². The number of halogens is 2. The predicted octanol–water partition coefficient (Wildman–Crippen LogP) is 3.13. The second-order valence-electron chi connectivity index (χ2n) is 7.12. The van der Waals surface area contributed by atoms with Gasteiger partial charge in [0.15, 0.2) is 5.96 Å². The summed E-state index contributed by atoms with van der Waals surface area (Å²) in [6, 6.07) is 6.89. The number of nitrogens with one attached hydrogen (secondary N) is 2. The van der Waals surface area contributed by atoms with Gasteiger partial charge in [-0.3, -0.25) is 9.89 Å². The van der Waals surface area contributed by atoms with Gasteiger partial charge in [-0.15, -0.1) is 0 Å². The van der Waals surface area contributed by atoms with Crippen LogP contribution in [0.25, 0.3) is 0 Å². The maximum Gasteiger partial charge on any atom is 0.251 e. The second-order valence-corrected chi connectivity index (χ2v) is 7.12. The smallest absolute Gasteiger partial charge is 0.251 e. The molecule has 0 aromatic heterocycles. The molecule has 0 saturated carbocycles. The van der Waals surface area contributed by atoms with Gasteiger partial charge in [0, 0.05) is 32.2 Å². The molecule has 1 aromatic rings. The van der Waals surface area contributed by atoms with Crippen molar-refractivity contribution in [3.63, 3.8) is 0 Å². The van der Waals surface area contributed by atoms with E-state index in [1.165, 1.54) is 16.7 Å². The molecule has 0 bridgehead atoms. The van der Waals surface area contributed by atoms with Crippen molar-refractivity contribution < 1.29 is 8.78 Å². The number of aryl methyl sites for hydroxylation is 2. The van der Waals surface area contributed by atoms with Crippen LogP contribution in [0.15, 0.2) is 23.2 Å². The zero-order valence-corrected chi connectivity index (χ0v) is 16.2. The van der Waals surface area contributed by atoms with Gasteiger partial charge in [-0.1, -0.05) is 29.3 Å².